The highest BCUT2D eigenvalue weighted by molar-refractivity contribution is 5.62. The van der Waals surface area contributed by atoms with Crippen LogP contribution in [0.4, 0.5) is 17.3 Å². The normalized spacial score (nSPS) is 15.6. The number of morpholine rings is 1. The Labute approximate surface area is 203 Å². The van der Waals surface area contributed by atoms with Crippen LogP contribution in [0.15, 0.2) is 78.0 Å². The highest BCUT2D eigenvalue weighted by Crippen LogP contribution is 2.34. The second-order valence-corrected chi connectivity index (χ2v) is 8.19. The summed E-state index contributed by atoms with van der Waals surface area (Å²) in [6, 6.07) is 19.2. The summed E-state index contributed by atoms with van der Waals surface area (Å²) in [5.74, 6) is 1.31. The molecular weight excluding hydrogens is 444 g/mol. The van der Waals surface area contributed by atoms with Crippen LogP contribution in [0.5, 0.6) is 5.75 Å². The van der Waals surface area contributed by atoms with E-state index >= 15 is 0 Å². The number of nitrogens with zero attached hydrogens (tertiary/aromatic N) is 5. The molecule has 0 radical (unpaired) electrons. The van der Waals surface area contributed by atoms with Gasteiger partial charge in [-0.2, -0.15) is 0 Å². The average molecular weight is 471 g/mol. The summed E-state index contributed by atoms with van der Waals surface area (Å²) in [4.78, 5) is 27.8. The summed E-state index contributed by atoms with van der Waals surface area (Å²) in [7, 11) is 3.38. The van der Waals surface area contributed by atoms with Crippen LogP contribution in [0.3, 0.4) is 0 Å². The molecule has 2 aromatic heterocycles. The Hall–Kier alpha value is -4.24. The lowest BCUT2D eigenvalue weighted by Gasteiger charge is -2.35. The second kappa shape index (κ2) is 9.94. The number of methoxy groups -OCH3 is 1. The van der Waals surface area contributed by atoms with E-state index in [1.54, 1.807) is 31.0 Å². The van der Waals surface area contributed by atoms with Gasteiger partial charge in [0.2, 0.25) is 5.95 Å². The standard InChI is InChI=1S/C26H26N6O3/c1-31-25(33)15-22(21-10-11-27-17-28-21)30-26(31)32-12-13-35-24(16-32)20-14-19(8-9-23(20)34-2)29-18-6-4-3-5-7-18/h3-11,14-15,17,24,29H,12-13,16H2,1-2H3. The molecule has 1 aliphatic rings. The van der Waals surface area contributed by atoms with Crippen LogP contribution >= 0.6 is 0 Å². The molecule has 0 saturated carbocycles. The molecule has 1 aliphatic heterocycles. The summed E-state index contributed by atoms with van der Waals surface area (Å²) in [5, 5.41) is 3.43. The smallest absolute Gasteiger partial charge is 0.255 e. The number of ether oxygens (including phenoxy) is 2. The van der Waals surface area contributed by atoms with Crippen molar-refractivity contribution >= 4 is 17.3 Å². The Morgan fingerprint density at radius 2 is 1.91 bits per heavy atom. The van der Waals surface area contributed by atoms with Crippen LogP contribution in [-0.2, 0) is 11.8 Å². The topological polar surface area (TPSA) is 94.4 Å². The van der Waals surface area contributed by atoms with Crippen molar-refractivity contribution in [3.63, 3.8) is 0 Å². The van der Waals surface area contributed by atoms with Gasteiger partial charge < -0.3 is 19.7 Å². The van der Waals surface area contributed by atoms with Gasteiger partial charge in [0.1, 0.15) is 18.2 Å². The number of nitrogens with one attached hydrogen (secondary N) is 1. The van der Waals surface area contributed by atoms with Crippen molar-refractivity contribution in [2.45, 2.75) is 6.10 Å². The minimum Gasteiger partial charge on any atom is -0.496 e. The SMILES string of the molecule is COc1ccc(Nc2ccccc2)cc1C1CN(c2nc(-c3ccncn3)cc(=O)n2C)CCO1. The van der Waals surface area contributed by atoms with E-state index in [2.05, 4.69) is 20.2 Å². The number of rotatable bonds is 6. The zero-order chi connectivity index (χ0) is 24.2. The molecule has 2 aromatic carbocycles. The summed E-state index contributed by atoms with van der Waals surface area (Å²) in [6.45, 7) is 1.60. The maximum atomic E-state index is 12.7. The van der Waals surface area contributed by atoms with E-state index < -0.39 is 0 Å². The van der Waals surface area contributed by atoms with Gasteiger partial charge in [0.15, 0.2) is 0 Å². The highest BCUT2D eigenvalue weighted by Gasteiger charge is 2.27. The van der Waals surface area contributed by atoms with Crippen LogP contribution in [0.25, 0.3) is 11.4 Å². The molecule has 9 heteroatoms. The Morgan fingerprint density at radius 1 is 1.06 bits per heavy atom. The zero-order valence-electron chi connectivity index (χ0n) is 19.6. The van der Waals surface area contributed by atoms with Crippen molar-refractivity contribution in [3.05, 3.63) is 89.1 Å². The quantitative estimate of drug-likeness (QED) is 0.457. The van der Waals surface area contributed by atoms with Crippen LogP contribution < -0.4 is 20.5 Å². The van der Waals surface area contributed by atoms with Crippen molar-refractivity contribution in [3.8, 4) is 17.1 Å². The molecular formula is C26H26N6O3. The molecule has 0 bridgehead atoms. The van der Waals surface area contributed by atoms with E-state index in [9.17, 15) is 4.79 Å². The minimum absolute atomic E-state index is 0.154. The van der Waals surface area contributed by atoms with Gasteiger partial charge in [0.25, 0.3) is 5.56 Å². The lowest BCUT2D eigenvalue weighted by Crippen LogP contribution is -2.41. The van der Waals surface area contributed by atoms with Gasteiger partial charge in [-0.25, -0.2) is 15.0 Å². The molecule has 5 rings (SSSR count). The van der Waals surface area contributed by atoms with Crippen molar-refractivity contribution in [1.29, 1.82) is 0 Å². The van der Waals surface area contributed by atoms with Gasteiger partial charge in [-0.15, -0.1) is 0 Å². The van der Waals surface area contributed by atoms with Crippen LogP contribution in [0.1, 0.15) is 11.7 Å². The Kier molecular flexibility index (Phi) is 6.40. The van der Waals surface area contributed by atoms with E-state index in [4.69, 9.17) is 14.5 Å². The molecule has 0 aliphatic carbocycles. The molecule has 1 unspecified atom stereocenters. The molecule has 0 amide bonds. The molecule has 178 valence electrons. The third-order valence-corrected chi connectivity index (χ3v) is 5.94. The fraction of sp³-hybridized carbons (Fsp3) is 0.231. The zero-order valence-corrected chi connectivity index (χ0v) is 19.6. The third kappa shape index (κ3) is 4.85. The van der Waals surface area contributed by atoms with E-state index in [-0.39, 0.29) is 11.7 Å². The van der Waals surface area contributed by atoms with E-state index in [1.807, 2.05) is 48.5 Å². The van der Waals surface area contributed by atoms with Gasteiger partial charge in [-0.1, -0.05) is 18.2 Å². The predicted molar refractivity (Wildman–Crippen MR) is 134 cm³/mol. The summed E-state index contributed by atoms with van der Waals surface area (Å²) in [6.07, 6.45) is 2.81. The molecule has 1 atom stereocenters. The van der Waals surface area contributed by atoms with Gasteiger partial charge in [0.05, 0.1) is 31.6 Å². The first-order valence-corrected chi connectivity index (χ1v) is 11.3. The number of hydrogen-bond donors (Lipinski definition) is 1. The van der Waals surface area contributed by atoms with Gasteiger partial charge in [-0.05, 0) is 36.4 Å². The molecule has 0 spiro atoms. The minimum atomic E-state index is -0.268. The lowest BCUT2D eigenvalue weighted by atomic mass is 10.0. The number of benzene rings is 2. The van der Waals surface area contributed by atoms with Crippen LogP contribution in [0, 0.1) is 0 Å². The van der Waals surface area contributed by atoms with Crippen LogP contribution in [-0.4, -0.2) is 46.3 Å². The number of hydrogen-bond acceptors (Lipinski definition) is 8. The average Bonchev–Trinajstić information content (AvgIpc) is 2.91. The highest BCUT2D eigenvalue weighted by atomic mass is 16.5. The first-order valence-electron chi connectivity index (χ1n) is 11.3. The Morgan fingerprint density at radius 3 is 2.69 bits per heavy atom. The largest absolute Gasteiger partial charge is 0.496 e. The van der Waals surface area contributed by atoms with E-state index in [0.717, 1.165) is 22.7 Å². The number of anilines is 3. The number of para-hydroxylation sites is 1. The van der Waals surface area contributed by atoms with Gasteiger partial charge in [-0.3, -0.25) is 9.36 Å². The Bertz CT molecular complexity index is 1360. The van der Waals surface area contributed by atoms with Crippen molar-refractivity contribution in [2.75, 3.05) is 37.0 Å². The summed E-state index contributed by atoms with van der Waals surface area (Å²) >= 11 is 0. The molecule has 1 N–H and O–H groups in total. The monoisotopic (exact) mass is 470 g/mol. The fourth-order valence-corrected chi connectivity index (χ4v) is 4.15. The molecule has 1 fully saturated rings. The number of aromatic nitrogens is 4. The maximum Gasteiger partial charge on any atom is 0.255 e. The second-order valence-electron chi connectivity index (χ2n) is 8.19. The third-order valence-electron chi connectivity index (χ3n) is 5.94. The lowest BCUT2D eigenvalue weighted by molar-refractivity contribution is 0.0375. The predicted octanol–water partition coefficient (Wildman–Crippen LogP) is 3.57. The van der Waals surface area contributed by atoms with Crippen molar-refractivity contribution < 1.29 is 9.47 Å². The van der Waals surface area contributed by atoms with Crippen molar-refractivity contribution in [2.24, 2.45) is 7.05 Å². The van der Waals surface area contributed by atoms with Crippen molar-refractivity contribution in [1.82, 2.24) is 19.5 Å². The maximum absolute atomic E-state index is 12.7. The molecule has 4 aromatic rings. The molecule has 3 heterocycles. The van der Waals surface area contributed by atoms with E-state index in [1.165, 1.54) is 12.4 Å². The molecule has 1 saturated heterocycles. The first-order chi connectivity index (χ1) is 17.1. The Balaban J connectivity index is 1.45. The van der Waals surface area contributed by atoms with Crippen LogP contribution in [0.2, 0.25) is 0 Å². The summed E-state index contributed by atoms with van der Waals surface area (Å²) in [5.41, 5.74) is 3.82. The van der Waals surface area contributed by atoms with Gasteiger partial charge >= 0.3 is 0 Å². The van der Waals surface area contributed by atoms with Gasteiger partial charge in [0, 0.05) is 42.8 Å². The molecule has 35 heavy (non-hydrogen) atoms. The molecule has 9 nitrogen and oxygen atoms in total. The fourth-order valence-electron chi connectivity index (χ4n) is 4.15. The first kappa shape index (κ1) is 22.5. The summed E-state index contributed by atoms with van der Waals surface area (Å²) < 4.78 is 13.4. The van der Waals surface area contributed by atoms with E-state index in [0.29, 0.717) is 37.0 Å².